The molecule has 0 saturated heterocycles. The number of carbonyl (C=O) groups excluding carboxylic acids is 2. The third-order valence-electron chi connectivity index (χ3n) is 3.83. The first kappa shape index (κ1) is 19.6. The SMILES string of the molecule is Cc1ccc(SCCNC(=O)COC(=O)c2ccc(-n3cncn3)cc2)cc1. The zero-order chi connectivity index (χ0) is 19.8. The van der Waals surface area contributed by atoms with E-state index in [0.717, 1.165) is 16.3 Å². The zero-order valence-corrected chi connectivity index (χ0v) is 16.2. The van der Waals surface area contributed by atoms with E-state index in [9.17, 15) is 9.59 Å². The lowest BCUT2D eigenvalue weighted by Gasteiger charge is -2.07. The molecule has 0 atom stereocenters. The molecule has 0 unspecified atom stereocenters. The summed E-state index contributed by atoms with van der Waals surface area (Å²) in [6.45, 7) is 2.24. The van der Waals surface area contributed by atoms with Gasteiger partial charge in [-0.15, -0.1) is 11.8 Å². The fourth-order valence-electron chi connectivity index (χ4n) is 2.35. The van der Waals surface area contributed by atoms with Gasteiger partial charge in [0.2, 0.25) is 0 Å². The van der Waals surface area contributed by atoms with Gasteiger partial charge in [-0.05, 0) is 43.3 Å². The van der Waals surface area contributed by atoms with E-state index >= 15 is 0 Å². The highest BCUT2D eigenvalue weighted by Crippen LogP contribution is 2.17. The Kier molecular flexibility index (Phi) is 6.80. The van der Waals surface area contributed by atoms with Crippen molar-refractivity contribution in [1.29, 1.82) is 0 Å². The minimum Gasteiger partial charge on any atom is -0.452 e. The normalized spacial score (nSPS) is 10.5. The standard InChI is InChI=1S/C20H20N4O3S/c1-15-2-8-18(9-3-15)28-11-10-22-19(25)12-27-20(26)16-4-6-17(7-5-16)24-14-21-13-23-24/h2-9,13-14H,10-12H2,1H3,(H,22,25). The lowest BCUT2D eigenvalue weighted by molar-refractivity contribution is -0.124. The van der Waals surface area contributed by atoms with E-state index in [1.807, 2.05) is 6.92 Å². The number of amides is 1. The molecule has 1 aromatic heterocycles. The van der Waals surface area contributed by atoms with Crippen LogP contribution in [0.2, 0.25) is 0 Å². The van der Waals surface area contributed by atoms with Crippen LogP contribution in [0.5, 0.6) is 0 Å². The maximum atomic E-state index is 12.0. The number of aryl methyl sites for hydroxylation is 1. The average Bonchev–Trinajstić information content (AvgIpc) is 3.26. The molecule has 3 rings (SSSR count). The summed E-state index contributed by atoms with van der Waals surface area (Å²) in [5, 5.41) is 6.76. The van der Waals surface area contributed by atoms with Crippen molar-refractivity contribution >= 4 is 23.6 Å². The highest BCUT2D eigenvalue weighted by molar-refractivity contribution is 7.99. The molecule has 1 amide bonds. The number of nitrogens with zero attached hydrogens (tertiary/aromatic N) is 3. The van der Waals surface area contributed by atoms with Crippen LogP contribution in [0.1, 0.15) is 15.9 Å². The second kappa shape index (κ2) is 9.70. The molecule has 0 bridgehead atoms. The van der Waals surface area contributed by atoms with Crippen LogP contribution in [0.4, 0.5) is 0 Å². The molecule has 0 saturated carbocycles. The number of thioether (sulfide) groups is 1. The summed E-state index contributed by atoms with van der Waals surface area (Å²) in [4.78, 5) is 28.9. The highest BCUT2D eigenvalue weighted by atomic mass is 32.2. The van der Waals surface area contributed by atoms with Gasteiger partial charge in [-0.1, -0.05) is 17.7 Å². The molecule has 0 aliphatic heterocycles. The van der Waals surface area contributed by atoms with Crippen molar-refractivity contribution in [2.24, 2.45) is 0 Å². The maximum absolute atomic E-state index is 12.0. The van der Waals surface area contributed by atoms with Gasteiger partial charge in [0, 0.05) is 17.2 Å². The lowest BCUT2D eigenvalue weighted by Crippen LogP contribution is -2.30. The Balaban J connectivity index is 1.36. The molecule has 0 aliphatic rings. The first-order chi connectivity index (χ1) is 13.6. The van der Waals surface area contributed by atoms with Crippen LogP contribution in [-0.2, 0) is 9.53 Å². The molecular weight excluding hydrogens is 376 g/mol. The average molecular weight is 396 g/mol. The predicted octanol–water partition coefficient (Wildman–Crippen LogP) is 2.64. The lowest BCUT2D eigenvalue weighted by atomic mass is 10.2. The monoisotopic (exact) mass is 396 g/mol. The number of carbonyl (C=O) groups is 2. The van der Waals surface area contributed by atoms with Crippen LogP contribution in [-0.4, -0.2) is 45.5 Å². The number of hydrogen-bond donors (Lipinski definition) is 1. The Morgan fingerprint density at radius 1 is 1.11 bits per heavy atom. The number of esters is 1. The third kappa shape index (κ3) is 5.68. The second-order valence-corrected chi connectivity index (χ2v) is 7.14. The van der Waals surface area contributed by atoms with E-state index < -0.39 is 5.97 Å². The first-order valence-electron chi connectivity index (χ1n) is 8.70. The van der Waals surface area contributed by atoms with Crippen molar-refractivity contribution in [3.63, 3.8) is 0 Å². The molecule has 28 heavy (non-hydrogen) atoms. The van der Waals surface area contributed by atoms with Gasteiger partial charge in [0.1, 0.15) is 12.7 Å². The fourth-order valence-corrected chi connectivity index (χ4v) is 3.12. The van der Waals surface area contributed by atoms with Crippen molar-refractivity contribution < 1.29 is 14.3 Å². The van der Waals surface area contributed by atoms with Gasteiger partial charge in [0.15, 0.2) is 6.61 Å². The summed E-state index contributed by atoms with van der Waals surface area (Å²) in [5.41, 5.74) is 2.36. The Morgan fingerprint density at radius 3 is 2.54 bits per heavy atom. The molecule has 0 aliphatic carbocycles. The molecule has 1 heterocycles. The van der Waals surface area contributed by atoms with Crippen molar-refractivity contribution in [2.45, 2.75) is 11.8 Å². The molecule has 0 spiro atoms. The minimum absolute atomic E-state index is 0.307. The van der Waals surface area contributed by atoms with Gasteiger partial charge >= 0.3 is 5.97 Å². The van der Waals surface area contributed by atoms with Gasteiger partial charge < -0.3 is 10.1 Å². The van der Waals surface area contributed by atoms with E-state index in [1.165, 1.54) is 11.9 Å². The molecule has 1 N–H and O–H groups in total. The number of nitrogens with one attached hydrogen (secondary N) is 1. The van der Waals surface area contributed by atoms with Crippen LogP contribution in [0.25, 0.3) is 5.69 Å². The summed E-state index contributed by atoms with van der Waals surface area (Å²) in [6, 6.07) is 14.9. The van der Waals surface area contributed by atoms with Gasteiger partial charge in [0.25, 0.3) is 5.91 Å². The van der Waals surface area contributed by atoms with Crippen molar-refractivity contribution in [3.05, 3.63) is 72.3 Å². The first-order valence-corrected chi connectivity index (χ1v) is 9.69. The van der Waals surface area contributed by atoms with Crippen LogP contribution < -0.4 is 5.32 Å². The van der Waals surface area contributed by atoms with Crippen LogP contribution >= 0.6 is 11.8 Å². The molecule has 0 radical (unpaired) electrons. The van der Waals surface area contributed by atoms with E-state index in [1.54, 1.807) is 47.0 Å². The number of hydrogen-bond acceptors (Lipinski definition) is 6. The van der Waals surface area contributed by atoms with Gasteiger partial charge in [-0.3, -0.25) is 4.79 Å². The molecule has 2 aromatic carbocycles. The maximum Gasteiger partial charge on any atom is 0.338 e. The number of aromatic nitrogens is 3. The summed E-state index contributed by atoms with van der Waals surface area (Å²) in [6.07, 6.45) is 2.99. The zero-order valence-electron chi connectivity index (χ0n) is 15.4. The van der Waals surface area contributed by atoms with Gasteiger partial charge in [-0.2, -0.15) is 5.10 Å². The number of benzene rings is 2. The van der Waals surface area contributed by atoms with E-state index in [0.29, 0.717) is 12.1 Å². The quantitative estimate of drug-likeness (QED) is 0.358. The molecule has 144 valence electrons. The summed E-state index contributed by atoms with van der Waals surface area (Å²) >= 11 is 1.66. The number of rotatable bonds is 8. The summed E-state index contributed by atoms with van der Waals surface area (Å²) < 4.78 is 6.64. The second-order valence-electron chi connectivity index (χ2n) is 5.97. The summed E-state index contributed by atoms with van der Waals surface area (Å²) in [5.74, 6) is -0.127. The Morgan fingerprint density at radius 2 is 1.86 bits per heavy atom. The van der Waals surface area contributed by atoms with Gasteiger partial charge in [0.05, 0.1) is 11.3 Å². The largest absolute Gasteiger partial charge is 0.452 e. The van der Waals surface area contributed by atoms with Crippen LogP contribution in [0.3, 0.4) is 0 Å². The van der Waals surface area contributed by atoms with E-state index in [-0.39, 0.29) is 12.5 Å². The van der Waals surface area contributed by atoms with Gasteiger partial charge in [-0.25, -0.2) is 14.5 Å². The molecule has 8 heteroatoms. The smallest absolute Gasteiger partial charge is 0.338 e. The van der Waals surface area contributed by atoms with Crippen molar-refractivity contribution in [3.8, 4) is 5.69 Å². The minimum atomic E-state index is -0.547. The van der Waals surface area contributed by atoms with Crippen molar-refractivity contribution in [2.75, 3.05) is 18.9 Å². The van der Waals surface area contributed by atoms with Crippen LogP contribution in [0, 0.1) is 6.92 Å². The molecule has 0 fully saturated rings. The molecular formula is C20H20N4O3S. The molecule has 7 nitrogen and oxygen atoms in total. The highest BCUT2D eigenvalue weighted by Gasteiger charge is 2.10. The van der Waals surface area contributed by atoms with Crippen LogP contribution in [0.15, 0.2) is 66.1 Å². The van der Waals surface area contributed by atoms with Crippen molar-refractivity contribution in [1.82, 2.24) is 20.1 Å². The Labute approximate surface area is 167 Å². The summed E-state index contributed by atoms with van der Waals surface area (Å²) in [7, 11) is 0. The topological polar surface area (TPSA) is 86.1 Å². The Hall–Kier alpha value is -3.13. The molecule has 3 aromatic rings. The fraction of sp³-hybridized carbons (Fsp3) is 0.200. The third-order valence-corrected chi connectivity index (χ3v) is 4.85. The Bertz CT molecular complexity index is 910. The van der Waals surface area contributed by atoms with E-state index in [4.69, 9.17) is 4.74 Å². The predicted molar refractivity (Wildman–Crippen MR) is 107 cm³/mol. The van der Waals surface area contributed by atoms with E-state index in [2.05, 4.69) is 39.7 Å². The number of ether oxygens (including phenoxy) is 1.